The lowest BCUT2D eigenvalue weighted by Crippen LogP contribution is -2.42. The molecule has 1 saturated heterocycles. The van der Waals surface area contributed by atoms with Gasteiger partial charge in [-0.1, -0.05) is 24.0 Å². The molecule has 0 aromatic heterocycles. The third-order valence-electron chi connectivity index (χ3n) is 3.15. The Morgan fingerprint density at radius 1 is 1.50 bits per heavy atom. The van der Waals surface area contributed by atoms with Gasteiger partial charge in [0.1, 0.15) is 0 Å². The van der Waals surface area contributed by atoms with Crippen molar-refractivity contribution in [3.8, 4) is 11.8 Å². The van der Waals surface area contributed by atoms with E-state index in [9.17, 15) is 0 Å². The zero-order valence-electron chi connectivity index (χ0n) is 10.9. The van der Waals surface area contributed by atoms with Crippen molar-refractivity contribution in [3.63, 3.8) is 0 Å². The average molecular weight is 244 g/mol. The molecule has 1 atom stereocenters. The van der Waals surface area contributed by atoms with Gasteiger partial charge in [0.25, 0.3) is 0 Å². The van der Waals surface area contributed by atoms with E-state index in [-0.39, 0.29) is 0 Å². The minimum Gasteiger partial charge on any atom is -0.379 e. The molecule has 1 aliphatic rings. The number of hydrogen-bond acceptors (Lipinski definition) is 3. The van der Waals surface area contributed by atoms with Crippen molar-refractivity contribution in [3.05, 3.63) is 35.4 Å². The molecule has 0 radical (unpaired) electrons. The van der Waals surface area contributed by atoms with Crippen LogP contribution in [-0.4, -0.2) is 37.2 Å². The van der Waals surface area contributed by atoms with E-state index in [1.165, 1.54) is 5.56 Å². The Balaban J connectivity index is 2.04. The van der Waals surface area contributed by atoms with Gasteiger partial charge in [0.2, 0.25) is 0 Å². The van der Waals surface area contributed by atoms with Gasteiger partial charge in [-0.05, 0) is 24.6 Å². The summed E-state index contributed by atoms with van der Waals surface area (Å²) in [4.78, 5) is 2.44. The normalized spacial score (nSPS) is 20.2. The van der Waals surface area contributed by atoms with E-state index in [1.54, 1.807) is 0 Å². The molecule has 0 amide bonds. The molecule has 1 aromatic rings. The number of morpholine rings is 1. The third-order valence-corrected chi connectivity index (χ3v) is 3.15. The Morgan fingerprint density at radius 2 is 2.39 bits per heavy atom. The fourth-order valence-corrected chi connectivity index (χ4v) is 2.13. The number of hydrogen-bond donors (Lipinski definition) is 1. The Morgan fingerprint density at radius 3 is 3.17 bits per heavy atom. The minimum absolute atomic E-state index is 0.407. The van der Waals surface area contributed by atoms with Crippen LogP contribution in [-0.2, 0) is 11.3 Å². The van der Waals surface area contributed by atoms with E-state index < -0.39 is 0 Å². The molecule has 0 saturated carbocycles. The van der Waals surface area contributed by atoms with Gasteiger partial charge in [-0.15, -0.1) is 0 Å². The second-order valence-corrected chi connectivity index (χ2v) is 4.60. The molecule has 1 aromatic carbocycles. The Labute approximate surface area is 109 Å². The minimum atomic E-state index is 0.407. The van der Waals surface area contributed by atoms with Gasteiger partial charge in [0, 0.05) is 24.7 Å². The van der Waals surface area contributed by atoms with Crippen LogP contribution in [0, 0.1) is 11.8 Å². The molecule has 0 aliphatic carbocycles. The fraction of sp³-hybridized carbons (Fsp3) is 0.467. The van der Waals surface area contributed by atoms with Crippen LogP contribution >= 0.6 is 0 Å². The Kier molecular flexibility index (Phi) is 4.77. The van der Waals surface area contributed by atoms with Crippen LogP contribution < -0.4 is 5.73 Å². The average Bonchev–Trinajstić information content (AvgIpc) is 2.40. The third kappa shape index (κ3) is 3.58. The molecule has 2 rings (SSSR count). The van der Waals surface area contributed by atoms with Crippen molar-refractivity contribution >= 4 is 0 Å². The molecule has 1 fully saturated rings. The predicted molar refractivity (Wildman–Crippen MR) is 73.1 cm³/mol. The largest absolute Gasteiger partial charge is 0.379 e. The maximum Gasteiger partial charge on any atom is 0.0619 e. The van der Waals surface area contributed by atoms with Crippen molar-refractivity contribution < 1.29 is 4.74 Å². The summed E-state index contributed by atoms with van der Waals surface area (Å²) in [5, 5.41) is 0. The van der Waals surface area contributed by atoms with Crippen molar-refractivity contribution in [1.82, 2.24) is 4.90 Å². The SMILES string of the molecule is CC1COCCN1Cc1cccc(C#CCN)c1. The molecular formula is C15H20N2O. The standard InChI is InChI=1S/C15H20N2O/c1-13-12-18-9-8-17(13)11-15-5-2-4-14(10-15)6-3-7-16/h2,4-5,10,13H,7-9,11-12,16H2,1H3. The summed E-state index contributed by atoms with van der Waals surface area (Å²) < 4.78 is 5.45. The van der Waals surface area contributed by atoms with Crippen LogP contribution in [0.15, 0.2) is 24.3 Å². The first-order valence-corrected chi connectivity index (χ1v) is 6.39. The molecule has 3 heteroatoms. The van der Waals surface area contributed by atoms with Crippen LogP contribution in [0.25, 0.3) is 0 Å². The van der Waals surface area contributed by atoms with Crippen molar-refractivity contribution in [2.24, 2.45) is 5.73 Å². The van der Waals surface area contributed by atoms with Crippen molar-refractivity contribution in [1.29, 1.82) is 0 Å². The molecule has 0 spiro atoms. The highest BCUT2D eigenvalue weighted by Gasteiger charge is 2.18. The number of nitrogens with zero attached hydrogens (tertiary/aromatic N) is 1. The van der Waals surface area contributed by atoms with Crippen molar-refractivity contribution in [2.75, 3.05) is 26.3 Å². The lowest BCUT2D eigenvalue weighted by Gasteiger charge is -2.33. The van der Waals surface area contributed by atoms with Gasteiger partial charge in [-0.25, -0.2) is 0 Å². The first kappa shape index (κ1) is 13.1. The number of nitrogens with two attached hydrogens (primary N) is 1. The molecule has 18 heavy (non-hydrogen) atoms. The van der Waals surface area contributed by atoms with E-state index in [1.807, 2.05) is 6.07 Å². The molecule has 1 unspecified atom stereocenters. The second kappa shape index (κ2) is 6.55. The van der Waals surface area contributed by atoms with Crippen molar-refractivity contribution in [2.45, 2.75) is 19.5 Å². The van der Waals surface area contributed by atoms with Gasteiger partial charge in [-0.3, -0.25) is 4.90 Å². The summed E-state index contributed by atoms with van der Waals surface area (Å²) in [7, 11) is 0. The lowest BCUT2D eigenvalue weighted by atomic mass is 10.1. The van der Waals surface area contributed by atoms with Gasteiger partial charge in [0.05, 0.1) is 19.8 Å². The zero-order chi connectivity index (χ0) is 12.8. The second-order valence-electron chi connectivity index (χ2n) is 4.60. The van der Waals surface area contributed by atoms with Crippen LogP contribution in [0.4, 0.5) is 0 Å². The summed E-state index contributed by atoms with van der Waals surface area (Å²) in [6.45, 7) is 6.23. The number of ether oxygens (including phenoxy) is 1. The highest BCUT2D eigenvalue weighted by atomic mass is 16.5. The molecule has 3 nitrogen and oxygen atoms in total. The summed E-state index contributed by atoms with van der Waals surface area (Å²) in [6, 6.07) is 8.86. The van der Waals surface area contributed by atoms with Crippen LogP contribution in [0.5, 0.6) is 0 Å². The molecule has 96 valence electrons. The molecule has 2 N–H and O–H groups in total. The first-order chi connectivity index (χ1) is 8.79. The van der Waals surface area contributed by atoms with Crippen LogP contribution in [0.2, 0.25) is 0 Å². The van der Waals surface area contributed by atoms with Gasteiger partial charge >= 0.3 is 0 Å². The van der Waals surface area contributed by atoms with E-state index in [2.05, 4.69) is 41.9 Å². The molecule has 0 bridgehead atoms. The Bertz CT molecular complexity index is 447. The predicted octanol–water partition coefficient (Wildman–Crippen LogP) is 1.22. The summed E-state index contributed by atoms with van der Waals surface area (Å²) in [6.07, 6.45) is 0. The quantitative estimate of drug-likeness (QED) is 0.795. The zero-order valence-corrected chi connectivity index (χ0v) is 10.9. The maximum absolute atomic E-state index is 5.45. The Hall–Kier alpha value is -1.34. The van der Waals surface area contributed by atoms with Crippen LogP contribution in [0.3, 0.4) is 0 Å². The first-order valence-electron chi connectivity index (χ1n) is 6.39. The van der Waals surface area contributed by atoms with E-state index in [4.69, 9.17) is 10.5 Å². The van der Waals surface area contributed by atoms with E-state index in [0.29, 0.717) is 12.6 Å². The van der Waals surface area contributed by atoms with Gasteiger partial charge in [-0.2, -0.15) is 0 Å². The highest BCUT2D eigenvalue weighted by molar-refractivity contribution is 5.37. The summed E-state index contributed by atoms with van der Waals surface area (Å²) >= 11 is 0. The maximum atomic E-state index is 5.45. The lowest BCUT2D eigenvalue weighted by molar-refractivity contribution is -0.00437. The number of benzene rings is 1. The van der Waals surface area contributed by atoms with Gasteiger partial charge in [0.15, 0.2) is 0 Å². The topological polar surface area (TPSA) is 38.5 Å². The monoisotopic (exact) mass is 244 g/mol. The summed E-state index contributed by atoms with van der Waals surface area (Å²) in [5.74, 6) is 5.96. The van der Waals surface area contributed by atoms with E-state index in [0.717, 1.165) is 31.9 Å². The van der Waals surface area contributed by atoms with Gasteiger partial charge < -0.3 is 10.5 Å². The van der Waals surface area contributed by atoms with E-state index >= 15 is 0 Å². The molecule has 1 aliphatic heterocycles. The highest BCUT2D eigenvalue weighted by Crippen LogP contribution is 2.13. The molecular weight excluding hydrogens is 224 g/mol. The molecule has 1 heterocycles. The number of rotatable bonds is 2. The summed E-state index contributed by atoms with van der Waals surface area (Å²) in [5.41, 5.74) is 7.73. The smallest absolute Gasteiger partial charge is 0.0619 e. The van der Waals surface area contributed by atoms with Crippen LogP contribution in [0.1, 0.15) is 18.1 Å². The fourth-order valence-electron chi connectivity index (χ4n) is 2.13.